The van der Waals surface area contributed by atoms with Crippen molar-refractivity contribution in [2.75, 3.05) is 12.8 Å². The van der Waals surface area contributed by atoms with E-state index < -0.39 is 0 Å². The van der Waals surface area contributed by atoms with Gasteiger partial charge in [-0.2, -0.15) is 0 Å². The fraction of sp³-hybridized carbons (Fsp3) is 0.562. The minimum Gasteiger partial charge on any atom is -0.494 e. The molecule has 2 aromatic rings. The van der Waals surface area contributed by atoms with Crippen LogP contribution >= 0.6 is 0 Å². The monoisotopic (exact) mass is 275 g/mol. The predicted molar refractivity (Wildman–Crippen MR) is 84.1 cm³/mol. The van der Waals surface area contributed by atoms with Gasteiger partial charge in [0.05, 0.1) is 12.6 Å². The lowest BCUT2D eigenvalue weighted by Crippen LogP contribution is -2.03. The molecule has 4 nitrogen and oxygen atoms in total. The number of aryl methyl sites for hydroxylation is 1. The number of nitrogens with two attached hydrogens (primary N) is 1. The summed E-state index contributed by atoms with van der Waals surface area (Å²) in [5, 5.41) is 0. The van der Waals surface area contributed by atoms with Crippen LogP contribution in [-0.4, -0.2) is 16.7 Å². The summed E-state index contributed by atoms with van der Waals surface area (Å²) >= 11 is 0. The average molecular weight is 275 g/mol. The summed E-state index contributed by atoms with van der Waals surface area (Å²) in [6.07, 6.45) is 7.68. The van der Waals surface area contributed by atoms with Crippen LogP contribution in [0.1, 0.15) is 45.4 Å². The Morgan fingerprint density at radius 1 is 1.15 bits per heavy atom. The van der Waals surface area contributed by atoms with Gasteiger partial charge in [0, 0.05) is 6.54 Å². The maximum absolute atomic E-state index is 6.04. The molecule has 0 aliphatic rings. The summed E-state index contributed by atoms with van der Waals surface area (Å²) in [6.45, 7) is 3.17. The number of ether oxygens (including phenoxy) is 1. The minimum atomic E-state index is 0.582. The molecule has 0 fully saturated rings. The smallest absolute Gasteiger partial charge is 0.201 e. The van der Waals surface area contributed by atoms with Crippen molar-refractivity contribution < 1.29 is 4.74 Å². The molecule has 20 heavy (non-hydrogen) atoms. The third-order valence-electron chi connectivity index (χ3n) is 3.73. The van der Waals surface area contributed by atoms with Gasteiger partial charge in [-0.05, 0) is 18.6 Å². The Morgan fingerprint density at radius 2 is 1.90 bits per heavy atom. The van der Waals surface area contributed by atoms with Crippen molar-refractivity contribution in [3.63, 3.8) is 0 Å². The van der Waals surface area contributed by atoms with Gasteiger partial charge in [-0.15, -0.1) is 0 Å². The quantitative estimate of drug-likeness (QED) is 0.741. The number of imidazole rings is 1. The Balaban J connectivity index is 2.01. The highest BCUT2D eigenvalue weighted by Crippen LogP contribution is 2.27. The number of rotatable bonds is 8. The molecule has 0 aliphatic heterocycles. The van der Waals surface area contributed by atoms with Crippen LogP contribution in [-0.2, 0) is 6.54 Å². The van der Waals surface area contributed by atoms with Gasteiger partial charge >= 0.3 is 0 Å². The topological polar surface area (TPSA) is 53.1 Å². The third kappa shape index (κ3) is 3.24. The molecule has 110 valence electrons. The Morgan fingerprint density at radius 3 is 2.65 bits per heavy atom. The molecule has 0 atom stereocenters. The van der Waals surface area contributed by atoms with Gasteiger partial charge in [-0.25, -0.2) is 4.98 Å². The zero-order chi connectivity index (χ0) is 14.4. The van der Waals surface area contributed by atoms with E-state index in [2.05, 4.69) is 22.5 Å². The highest BCUT2D eigenvalue weighted by Gasteiger charge is 2.11. The number of fused-ring (bicyclic) bond motifs is 1. The summed E-state index contributed by atoms with van der Waals surface area (Å²) < 4.78 is 7.43. The SMILES string of the molecule is CCCCCCCCn1c(N)nc2c(OC)cccc21. The highest BCUT2D eigenvalue weighted by molar-refractivity contribution is 5.84. The van der Waals surface area contributed by atoms with Crippen LogP contribution in [0.15, 0.2) is 18.2 Å². The molecule has 1 aromatic carbocycles. The molecule has 0 radical (unpaired) electrons. The Labute approximate surface area is 120 Å². The Hall–Kier alpha value is -1.71. The number of benzene rings is 1. The van der Waals surface area contributed by atoms with Gasteiger partial charge in [0.25, 0.3) is 0 Å². The van der Waals surface area contributed by atoms with Crippen LogP contribution in [0.5, 0.6) is 5.75 Å². The number of nitrogens with zero attached hydrogens (tertiary/aromatic N) is 2. The zero-order valence-corrected chi connectivity index (χ0v) is 12.6. The van der Waals surface area contributed by atoms with Crippen LogP contribution in [0, 0.1) is 0 Å². The van der Waals surface area contributed by atoms with E-state index in [9.17, 15) is 0 Å². The largest absolute Gasteiger partial charge is 0.494 e. The lowest BCUT2D eigenvalue weighted by molar-refractivity contribution is 0.419. The van der Waals surface area contributed by atoms with Gasteiger partial charge in [0.1, 0.15) is 11.3 Å². The molecular weight excluding hydrogens is 250 g/mol. The number of hydrogen-bond donors (Lipinski definition) is 1. The third-order valence-corrected chi connectivity index (χ3v) is 3.73. The second-order valence-electron chi connectivity index (χ2n) is 5.22. The van der Waals surface area contributed by atoms with Crippen molar-refractivity contribution in [3.8, 4) is 5.75 Å². The number of methoxy groups -OCH3 is 1. The van der Waals surface area contributed by atoms with E-state index in [-0.39, 0.29) is 0 Å². The van der Waals surface area contributed by atoms with Crippen LogP contribution in [0.25, 0.3) is 11.0 Å². The molecule has 0 spiro atoms. The minimum absolute atomic E-state index is 0.582. The normalized spacial score (nSPS) is 11.1. The van der Waals surface area contributed by atoms with E-state index in [0.29, 0.717) is 5.95 Å². The van der Waals surface area contributed by atoms with Gasteiger partial charge in [0.2, 0.25) is 5.95 Å². The van der Waals surface area contributed by atoms with Crippen molar-refractivity contribution in [2.45, 2.75) is 52.0 Å². The summed E-state index contributed by atoms with van der Waals surface area (Å²) in [4.78, 5) is 4.43. The molecule has 0 bridgehead atoms. The van der Waals surface area contributed by atoms with Gasteiger partial charge in [0.15, 0.2) is 0 Å². The van der Waals surface area contributed by atoms with E-state index >= 15 is 0 Å². The van der Waals surface area contributed by atoms with Crippen LogP contribution in [0.3, 0.4) is 0 Å². The fourth-order valence-electron chi connectivity index (χ4n) is 2.59. The Kier molecular flexibility index (Phi) is 5.27. The first-order valence-corrected chi connectivity index (χ1v) is 7.56. The predicted octanol–water partition coefficient (Wildman–Crippen LogP) is 3.99. The molecule has 4 heteroatoms. The first-order valence-electron chi connectivity index (χ1n) is 7.56. The van der Waals surface area contributed by atoms with Gasteiger partial charge in [-0.1, -0.05) is 45.1 Å². The number of aromatic nitrogens is 2. The van der Waals surface area contributed by atoms with E-state index in [4.69, 9.17) is 10.5 Å². The van der Waals surface area contributed by atoms with Gasteiger partial charge < -0.3 is 15.0 Å². The summed E-state index contributed by atoms with van der Waals surface area (Å²) in [6, 6.07) is 5.96. The molecule has 2 N–H and O–H groups in total. The van der Waals surface area contributed by atoms with Crippen molar-refractivity contribution in [3.05, 3.63) is 18.2 Å². The molecule has 0 saturated carbocycles. The molecule has 1 aromatic heterocycles. The maximum atomic E-state index is 6.04. The number of para-hydroxylation sites is 1. The Bertz CT molecular complexity index is 548. The molecular formula is C16H25N3O. The van der Waals surface area contributed by atoms with Crippen molar-refractivity contribution in [1.29, 1.82) is 0 Å². The second kappa shape index (κ2) is 7.17. The number of unbranched alkanes of at least 4 members (excludes halogenated alkanes) is 5. The standard InChI is InChI=1S/C16H25N3O/c1-3-4-5-6-7-8-12-19-13-10-9-11-14(20-2)15(13)18-16(19)17/h9-11H,3-8,12H2,1-2H3,(H2,17,18). The van der Waals surface area contributed by atoms with Crippen molar-refractivity contribution in [2.24, 2.45) is 0 Å². The molecule has 1 heterocycles. The lowest BCUT2D eigenvalue weighted by atomic mass is 10.1. The summed E-state index contributed by atoms with van der Waals surface area (Å²) in [5.74, 6) is 1.37. The zero-order valence-electron chi connectivity index (χ0n) is 12.6. The number of hydrogen-bond acceptors (Lipinski definition) is 3. The highest BCUT2D eigenvalue weighted by atomic mass is 16.5. The molecule has 0 aliphatic carbocycles. The summed E-state index contributed by atoms with van der Waals surface area (Å²) in [5.41, 5.74) is 7.96. The average Bonchev–Trinajstić information content (AvgIpc) is 2.78. The van der Waals surface area contributed by atoms with Crippen LogP contribution in [0.2, 0.25) is 0 Å². The van der Waals surface area contributed by atoms with Crippen LogP contribution < -0.4 is 10.5 Å². The lowest BCUT2D eigenvalue weighted by Gasteiger charge is -2.07. The van der Waals surface area contributed by atoms with Gasteiger partial charge in [-0.3, -0.25) is 0 Å². The second-order valence-corrected chi connectivity index (χ2v) is 5.22. The van der Waals surface area contributed by atoms with Crippen molar-refractivity contribution in [1.82, 2.24) is 9.55 Å². The maximum Gasteiger partial charge on any atom is 0.201 e. The van der Waals surface area contributed by atoms with Crippen molar-refractivity contribution >= 4 is 17.0 Å². The fourth-order valence-corrected chi connectivity index (χ4v) is 2.59. The molecule has 0 saturated heterocycles. The summed E-state index contributed by atoms with van der Waals surface area (Å²) in [7, 11) is 1.66. The van der Waals surface area contributed by atoms with E-state index in [0.717, 1.165) is 29.7 Å². The number of nitrogen functional groups attached to an aromatic ring is 1. The van der Waals surface area contributed by atoms with Crippen LogP contribution in [0.4, 0.5) is 5.95 Å². The molecule has 2 rings (SSSR count). The van der Waals surface area contributed by atoms with E-state index in [1.807, 2.05) is 12.1 Å². The number of anilines is 1. The molecule has 0 unspecified atom stereocenters. The van der Waals surface area contributed by atoms with E-state index in [1.54, 1.807) is 7.11 Å². The molecule has 0 amide bonds. The first kappa shape index (κ1) is 14.7. The van der Waals surface area contributed by atoms with E-state index in [1.165, 1.54) is 32.1 Å². The first-order chi connectivity index (χ1) is 9.77.